The molecule has 6 heteroatoms. The van der Waals surface area contributed by atoms with Gasteiger partial charge >= 0.3 is 0 Å². The number of hydrogen-bond acceptors (Lipinski definition) is 3. The summed E-state index contributed by atoms with van der Waals surface area (Å²) in [5, 5.41) is 4.17. The Bertz CT molecular complexity index is 768. The first-order chi connectivity index (χ1) is 8.69. The maximum absolute atomic E-state index is 5.35. The molecular formula is C12H12N4OS. The number of nitrogens with one attached hydrogen (secondary N) is 1. The molecule has 0 spiro atoms. The van der Waals surface area contributed by atoms with Crippen LogP contribution in [0.3, 0.4) is 0 Å². The monoisotopic (exact) mass is 260 g/mol. The molecule has 1 N–H and O–H groups in total. The van der Waals surface area contributed by atoms with Gasteiger partial charge in [0.1, 0.15) is 5.75 Å². The molecule has 1 aromatic carbocycles. The predicted octanol–water partition coefficient (Wildman–Crippen LogP) is 2.43. The van der Waals surface area contributed by atoms with Crippen molar-refractivity contribution in [3.63, 3.8) is 0 Å². The van der Waals surface area contributed by atoms with Crippen LogP contribution in [0.5, 0.6) is 5.75 Å². The fourth-order valence-electron chi connectivity index (χ4n) is 1.99. The molecule has 0 aliphatic carbocycles. The van der Waals surface area contributed by atoms with E-state index in [0.29, 0.717) is 4.77 Å². The van der Waals surface area contributed by atoms with Gasteiger partial charge in [-0.05, 0) is 24.4 Å². The number of rotatable bonds is 2. The second-order valence-electron chi connectivity index (χ2n) is 4.02. The number of nitrogens with zero attached hydrogens (tertiary/aromatic N) is 3. The van der Waals surface area contributed by atoms with Gasteiger partial charge < -0.3 is 9.72 Å². The van der Waals surface area contributed by atoms with Crippen molar-refractivity contribution in [1.82, 2.24) is 19.3 Å². The first kappa shape index (κ1) is 11.0. The summed E-state index contributed by atoms with van der Waals surface area (Å²) >= 11 is 5.35. The second kappa shape index (κ2) is 3.99. The van der Waals surface area contributed by atoms with E-state index in [4.69, 9.17) is 17.0 Å². The number of methoxy groups -OCH3 is 1. The lowest BCUT2D eigenvalue weighted by Gasteiger charge is -2.02. The quantitative estimate of drug-likeness (QED) is 0.720. The zero-order valence-electron chi connectivity index (χ0n) is 10.0. The Labute approximate surface area is 109 Å². The summed E-state index contributed by atoms with van der Waals surface area (Å²) in [7, 11) is 3.53. The van der Waals surface area contributed by atoms with Gasteiger partial charge in [0.15, 0.2) is 4.77 Å². The molecule has 18 heavy (non-hydrogen) atoms. The van der Waals surface area contributed by atoms with Crippen LogP contribution >= 0.6 is 12.2 Å². The Morgan fingerprint density at radius 2 is 2.22 bits per heavy atom. The molecule has 0 unspecified atom stereocenters. The maximum Gasteiger partial charge on any atom is 0.182 e. The van der Waals surface area contributed by atoms with E-state index in [1.54, 1.807) is 18.0 Å². The standard InChI is InChI=1S/C12H12N4OS/c1-15-7-8(6-13-15)16-11-5-9(17-2)3-4-10(11)14-12(16)18/h3-7H,1-2H3,(H,14,18). The van der Waals surface area contributed by atoms with Gasteiger partial charge in [0, 0.05) is 19.3 Å². The molecule has 3 rings (SSSR count). The minimum Gasteiger partial charge on any atom is -0.497 e. The Morgan fingerprint density at radius 3 is 2.89 bits per heavy atom. The van der Waals surface area contributed by atoms with Gasteiger partial charge in [-0.25, -0.2) is 0 Å². The van der Waals surface area contributed by atoms with Crippen LogP contribution in [0.1, 0.15) is 0 Å². The van der Waals surface area contributed by atoms with Crippen LogP contribution in [0.4, 0.5) is 0 Å². The second-order valence-corrected chi connectivity index (χ2v) is 4.41. The summed E-state index contributed by atoms with van der Waals surface area (Å²) in [6.45, 7) is 0. The third-order valence-electron chi connectivity index (χ3n) is 2.84. The van der Waals surface area contributed by atoms with Gasteiger partial charge in [0.05, 0.1) is 30.0 Å². The zero-order chi connectivity index (χ0) is 12.7. The molecule has 0 bridgehead atoms. The maximum atomic E-state index is 5.35. The predicted molar refractivity (Wildman–Crippen MR) is 71.8 cm³/mol. The zero-order valence-corrected chi connectivity index (χ0v) is 10.9. The largest absolute Gasteiger partial charge is 0.497 e. The highest BCUT2D eigenvalue weighted by Gasteiger charge is 2.08. The van der Waals surface area contributed by atoms with Crippen molar-refractivity contribution in [3.8, 4) is 11.4 Å². The molecule has 2 heterocycles. The van der Waals surface area contributed by atoms with Gasteiger partial charge in [0.25, 0.3) is 0 Å². The van der Waals surface area contributed by atoms with E-state index in [1.165, 1.54) is 0 Å². The van der Waals surface area contributed by atoms with Crippen molar-refractivity contribution in [1.29, 1.82) is 0 Å². The molecule has 3 aromatic rings. The van der Waals surface area contributed by atoms with Crippen LogP contribution < -0.4 is 4.74 Å². The normalized spacial score (nSPS) is 11.0. The van der Waals surface area contributed by atoms with Crippen LogP contribution in [0.25, 0.3) is 16.7 Å². The van der Waals surface area contributed by atoms with Crippen LogP contribution in [0.15, 0.2) is 30.6 Å². The van der Waals surface area contributed by atoms with Crippen molar-refractivity contribution >= 4 is 23.3 Å². The van der Waals surface area contributed by atoms with E-state index < -0.39 is 0 Å². The summed E-state index contributed by atoms with van der Waals surface area (Å²) in [6.07, 6.45) is 3.70. The van der Waals surface area contributed by atoms with E-state index in [-0.39, 0.29) is 0 Å². The van der Waals surface area contributed by atoms with Crippen LogP contribution in [-0.4, -0.2) is 26.4 Å². The summed E-state index contributed by atoms with van der Waals surface area (Å²) in [4.78, 5) is 3.17. The molecule has 0 fully saturated rings. The van der Waals surface area contributed by atoms with Crippen LogP contribution in [-0.2, 0) is 7.05 Å². The third-order valence-corrected chi connectivity index (χ3v) is 3.12. The molecule has 0 saturated carbocycles. The smallest absolute Gasteiger partial charge is 0.182 e. The van der Waals surface area contributed by atoms with E-state index in [1.807, 2.05) is 36.0 Å². The first-order valence-electron chi connectivity index (χ1n) is 5.47. The van der Waals surface area contributed by atoms with Crippen molar-refractivity contribution < 1.29 is 4.74 Å². The highest BCUT2D eigenvalue weighted by atomic mass is 32.1. The average molecular weight is 260 g/mol. The first-order valence-corrected chi connectivity index (χ1v) is 5.87. The number of imidazole rings is 1. The van der Waals surface area contributed by atoms with Gasteiger partial charge in [-0.1, -0.05) is 0 Å². The minimum atomic E-state index is 0.645. The number of aryl methyl sites for hydroxylation is 1. The Hall–Kier alpha value is -2.08. The number of H-pyrrole nitrogens is 1. The van der Waals surface area contributed by atoms with Gasteiger partial charge in [0.2, 0.25) is 0 Å². The fourth-order valence-corrected chi connectivity index (χ4v) is 2.30. The molecule has 5 nitrogen and oxygen atoms in total. The summed E-state index contributed by atoms with van der Waals surface area (Å²) in [6, 6.07) is 5.81. The Kier molecular flexibility index (Phi) is 2.45. The minimum absolute atomic E-state index is 0.645. The Morgan fingerprint density at radius 1 is 1.39 bits per heavy atom. The number of benzene rings is 1. The number of ether oxygens (including phenoxy) is 1. The molecule has 0 atom stereocenters. The van der Waals surface area contributed by atoms with E-state index in [2.05, 4.69) is 10.1 Å². The van der Waals surface area contributed by atoms with E-state index in [0.717, 1.165) is 22.5 Å². The number of hydrogen-bond donors (Lipinski definition) is 1. The molecule has 92 valence electrons. The number of fused-ring (bicyclic) bond motifs is 1. The topological polar surface area (TPSA) is 47.8 Å². The van der Waals surface area contributed by atoms with Gasteiger partial charge in [-0.2, -0.15) is 5.10 Å². The van der Waals surface area contributed by atoms with Crippen LogP contribution in [0.2, 0.25) is 0 Å². The lowest BCUT2D eigenvalue weighted by molar-refractivity contribution is 0.415. The number of aromatic nitrogens is 4. The lowest BCUT2D eigenvalue weighted by Crippen LogP contribution is -1.92. The van der Waals surface area contributed by atoms with Crippen molar-refractivity contribution in [2.45, 2.75) is 0 Å². The van der Waals surface area contributed by atoms with Crippen molar-refractivity contribution in [3.05, 3.63) is 35.4 Å². The third kappa shape index (κ3) is 1.62. The molecule has 0 saturated heterocycles. The summed E-state index contributed by atoms with van der Waals surface area (Å²) in [5.41, 5.74) is 2.89. The van der Waals surface area contributed by atoms with E-state index in [9.17, 15) is 0 Å². The number of aromatic amines is 1. The Balaban J connectivity index is 2.33. The highest BCUT2D eigenvalue weighted by Crippen LogP contribution is 2.23. The van der Waals surface area contributed by atoms with Crippen molar-refractivity contribution in [2.75, 3.05) is 7.11 Å². The molecule has 0 amide bonds. The van der Waals surface area contributed by atoms with E-state index >= 15 is 0 Å². The average Bonchev–Trinajstić information content (AvgIpc) is 2.90. The molecule has 2 aromatic heterocycles. The molecule has 0 aliphatic rings. The molecule has 0 aliphatic heterocycles. The summed E-state index contributed by atoms with van der Waals surface area (Å²) in [5.74, 6) is 0.800. The van der Waals surface area contributed by atoms with Crippen LogP contribution in [0, 0.1) is 4.77 Å². The lowest BCUT2D eigenvalue weighted by atomic mass is 10.3. The molecular weight excluding hydrogens is 248 g/mol. The van der Waals surface area contributed by atoms with Crippen molar-refractivity contribution in [2.24, 2.45) is 7.05 Å². The van der Waals surface area contributed by atoms with Gasteiger partial charge in [-0.3, -0.25) is 9.25 Å². The highest BCUT2D eigenvalue weighted by molar-refractivity contribution is 7.71. The SMILES string of the molecule is COc1ccc2[nH]c(=S)n(-c3cnn(C)c3)c2c1. The fraction of sp³-hybridized carbons (Fsp3) is 0.167. The van der Waals surface area contributed by atoms with Gasteiger partial charge in [-0.15, -0.1) is 0 Å². The summed E-state index contributed by atoms with van der Waals surface area (Å²) < 4.78 is 9.58. The molecule has 0 radical (unpaired) electrons.